The van der Waals surface area contributed by atoms with Crippen molar-refractivity contribution >= 4 is 11.0 Å². The maximum atomic E-state index is 4.75. The molecular weight excluding hydrogens is 208 g/mol. The van der Waals surface area contributed by atoms with Gasteiger partial charge in [0.05, 0.1) is 11.0 Å². The van der Waals surface area contributed by atoms with Gasteiger partial charge in [0, 0.05) is 13.0 Å². The maximum Gasteiger partial charge on any atom is 0.109 e. The predicted molar refractivity (Wildman–Crippen MR) is 73.2 cm³/mol. The van der Waals surface area contributed by atoms with Crippen molar-refractivity contribution in [1.82, 2.24) is 9.55 Å². The quantitative estimate of drug-likeness (QED) is 0.758. The molecule has 92 valence electrons. The van der Waals surface area contributed by atoms with Crippen LogP contribution in [-0.4, -0.2) is 9.55 Å². The minimum Gasteiger partial charge on any atom is -0.328 e. The number of aromatic nitrogens is 2. The fraction of sp³-hybridized carbons (Fsp3) is 0.533. The topological polar surface area (TPSA) is 17.8 Å². The Kier molecular flexibility index (Phi) is 3.82. The van der Waals surface area contributed by atoms with Crippen LogP contribution in [0.2, 0.25) is 0 Å². The van der Waals surface area contributed by atoms with Gasteiger partial charge in [0.1, 0.15) is 5.82 Å². The van der Waals surface area contributed by atoms with Crippen LogP contribution >= 0.6 is 0 Å². The number of aryl methyl sites for hydroxylation is 1. The van der Waals surface area contributed by atoms with E-state index in [1.54, 1.807) is 0 Å². The average Bonchev–Trinajstić information content (AvgIpc) is 2.68. The van der Waals surface area contributed by atoms with E-state index in [2.05, 4.69) is 49.6 Å². The minimum atomic E-state index is 0.711. The van der Waals surface area contributed by atoms with Crippen LogP contribution in [0.1, 0.15) is 39.4 Å². The van der Waals surface area contributed by atoms with Gasteiger partial charge < -0.3 is 4.57 Å². The van der Waals surface area contributed by atoms with Gasteiger partial charge in [-0.15, -0.1) is 0 Å². The lowest BCUT2D eigenvalue weighted by Gasteiger charge is -2.13. The van der Waals surface area contributed by atoms with Crippen LogP contribution in [0.25, 0.3) is 11.0 Å². The summed E-state index contributed by atoms with van der Waals surface area (Å²) in [4.78, 5) is 4.75. The molecular formula is C15H22N2. The van der Waals surface area contributed by atoms with Gasteiger partial charge in [-0.2, -0.15) is 0 Å². The number of imidazole rings is 1. The number of para-hydroxylation sites is 2. The van der Waals surface area contributed by atoms with Crippen LogP contribution in [-0.2, 0) is 13.0 Å². The largest absolute Gasteiger partial charge is 0.328 e. The van der Waals surface area contributed by atoms with E-state index in [0.29, 0.717) is 5.92 Å². The number of hydrogen-bond acceptors (Lipinski definition) is 1. The van der Waals surface area contributed by atoms with Gasteiger partial charge in [-0.3, -0.25) is 0 Å². The first-order valence-electron chi connectivity index (χ1n) is 6.70. The molecule has 1 aromatic heterocycles. The molecule has 2 nitrogen and oxygen atoms in total. The Morgan fingerprint density at radius 2 is 2.00 bits per heavy atom. The fourth-order valence-corrected chi connectivity index (χ4v) is 2.18. The molecule has 0 unspecified atom stereocenters. The second-order valence-electron chi connectivity index (χ2n) is 4.89. The van der Waals surface area contributed by atoms with E-state index in [-0.39, 0.29) is 0 Å². The van der Waals surface area contributed by atoms with Crippen molar-refractivity contribution in [3.05, 3.63) is 30.1 Å². The molecule has 17 heavy (non-hydrogen) atoms. The predicted octanol–water partition coefficient (Wildman–Crippen LogP) is 4.03. The average molecular weight is 230 g/mol. The monoisotopic (exact) mass is 230 g/mol. The zero-order valence-electron chi connectivity index (χ0n) is 11.1. The van der Waals surface area contributed by atoms with Gasteiger partial charge in [0.15, 0.2) is 0 Å². The first kappa shape index (κ1) is 12.2. The number of benzene rings is 1. The summed E-state index contributed by atoms with van der Waals surface area (Å²) in [5.41, 5.74) is 2.43. The highest BCUT2D eigenvalue weighted by Gasteiger charge is 2.11. The van der Waals surface area contributed by atoms with Crippen molar-refractivity contribution < 1.29 is 0 Å². The molecule has 0 amide bonds. The Balaban J connectivity index is 2.44. The number of rotatable bonds is 5. The molecule has 2 rings (SSSR count). The Labute approximate surface area is 104 Å². The maximum absolute atomic E-state index is 4.75. The van der Waals surface area contributed by atoms with E-state index in [1.165, 1.54) is 17.8 Å². The van der Waals surface area contributed by atoms with Crippen molar-refractivity contribution in [3.63, 3.8) is 0 Å². The molecule has 0 saturated heterocycles. The summed E-state index contributed by atoms with van der Waals surface area (Å²) < 4.78 is 2.41. The molecule has 2 aromatic rings. The lowest BCUT2D eigenvalue weighted by Crippen LogP contribution is -2.10. The van der Waals surface area contributed by atoms with Gasteiger partial charge in [0.25, 0.3) is 0 Å². The van der Waals surface area contributed by atoms with Crippen molar-refractivity contribution in [3.8, 4) is 0 Å². The van der Waals surface area contributed by atoms with Gasteiger partial charge >= 0.3 is 0 Å². The molecule has 0 fully saturated rings. The minimum absolute atomic E-state index is 0.711. The van der Waals surface area contributed by atoms with Crippen molar-refractivity contribution in [2.75, 3.05) is 0 Å². The smallest absolute Gasteiger partial charge is 0.109 e. The summed E-state index contributed by atoms with van der Waals surface area (Å²) in [7, 11) is 0. The highest BCUT2D eigenvalue weighted by Crippen LogP contribution is 2.19. The molecule has 0 aliphatic heterocycles. The zero-order valence-corrected chi connectivity index (χ0v) is 11.1. The first-order valence-corrected chi connectivity index (χ1v) is 6.70. The number of fused-ring (bicyclic) bond motifs is 1. The molecule has 0 N–H and O–H groups in total. The van der Waals surface area contributed by atoms with E-state index in [0.717, 1.165) is 24.9 Å². The van der Waals surface area contributed by atoms with E-state index in [4.69, 9.17) is 4.98 Å². The Morgan fingerprint density at radius 3 is 2.71 bits per heavy atom. The lowest BCUT2D eigenvalue weighted by molar-refractivity contribution is 0.464. The molecule has 1 atom stereocenters. The van der Waals surface area contributed by atoms with Gasteiger partial charge in [-0.05, 0) is 24.5 Å². The van der Waals surface area contributed by atoms with Crippen LogP contribution in [0, 0.1) is 5.92 Å². The third-order valence-corrected chi connectivity index (χ3v) is 3.40. The standard InChI is InChI=1S/C15H22N2/c1-4-8-15-16-13-9-6-7-10-14(13)17(15)11-12(3)5-2/h6-7,9-10,12H,4-5,8,11H2,1-3H3/t12-/m1/s1. The second-order valence-corrected chi connectivity index (χ2v) is 4.89. The summed E-state index contributed by atoms with van der Waals surface area (Å²) in [6.07, 6.45) is 3.45. The van der Waals surface area contributed by atoms with E-state index >= 15 is 0 Å². The molecule has 0 radical (unpaired) electrons. The van der Waals surface area contributed by atoms with Crippen molar-refractivity contribution in [2.45, 2.75) is 46.6 Å². The van der Waals surface area contributed by atoms with E-state index in [9.17, 15) is 0 Å². The molecule has 0 aliphatic carbocycles. The summed E-state index contributed by atoms with van der Waals surface area (Å²) in [6.45, 7) is 7.87. The summed E-state index contributed by atoms with van der Waals surface area (Å²) in [5.74, 6) is 1.96. The van der Waals surface area contributed by atoms with Crippen molar-refractivity contribution in [1.29, 1.82) is 0 Å². The molecule has 0 saturated carbocycles. The molecule has 0 spiro atoms. The SMILES string of the molecule is CCCc1nc2ccccc2n1C[C@H](C)CC. The van der Waals surface area contributed by atoms with Crippen LogP contribution in [0.3, 0.4) is 0 Å². The summed E-state index contributed by atoms with van der Waals surface area (Å²) >= 11 is 0. The zero-order chi connectivity index (χ0) is 12.3. The first-order chi connectivity index (χ1) is 8.26. The highest BCUT2D eigenvalue weighted by atomic mass is 15.1. The van der Waals surface area contributed by atoms with Gasteiger partial charge in [0.2, 0.25) is 0 Å². The Bertz CT molecular complexity index is 485. The normalized spacial score (nSPS) is 13.1. The van der Waals surface area contributed by atoms with Gasteiger partial charge in [-0.25, -0.2) is 4.98 Å². The van der Waals surface area contributed by atoms with Crippen LogP contribution < -0.4 is 0 Å². The summed E-state index contributed by atoms with van der Waals surface area (Å²) in [5, 5.41) is 0. The molecule has 2 heteroatoms. The third-order valence-electron chi connectivity index (χ3n) is 3.40. The molecule has 0 bridgehead atoms. The van der Waals surface area contributed by atoms with E-state index < -0.39 is 0 Å². The Hall–Kier alpha value is -1.31. The summed E-state index contributed by atoms with van der Waals surface area (Å²) in [6, 6.07) is 8.47. The number of nitrogens with zero attached hydrogens (tertiary/aromatic N) is 2. The molecule has 1 heterocycles. The van der Waals surface area contributed by atoms with Crippen LogP contribution in [0.15, 0.2) is 24.3 Å². The fourth-order valence-electron chi connectivity index (χ4n) is 2.18. The van der Waals surface area contributed by atoms with E-state index in [1.807, 2.05) is 0 Å². The molecule has 1 aromatic carbocycles. The van der Waals surface area contributed by atoms with Crippen LogP contribution in [0.4, 0.5) is 0 Å². The van der Waals surface area contributed by atoms with Crippen molar-refractivity contribution in [2.24, 2.45) is 5.92 Å². The molecule has 0 aliphatic rings. The number of hydrogen-bond donors (Lipinski definition) is 0. The second kappa shape index (κ2) is 5.35. The third kappa shape index (κ3) is 2.51. The van der Waals surface area contributed by atoms with Crippen LogP contribution in [0.5, 0.6) is 0 Å². The lowest BCUT2D eigenvalue weighted by atomic mass is 10.1. The highest BCUT2D eigenvalue weighted by molar-refractivity contribution is 5.75. The van der Waals surface area contributed by atoms with Gasteiger partial charge in [-0.1, -0.05) is 39.3 Å². The Morgan fingerprint density at radius 1 is 1.24 bits per heavy atom.